The Hall–Kier alpha value is -1.57. The molecule has 0 saturated carbocycles. The smallest absolute Gasteiger partial charge is 0.303 e. The molecule has 2 heteroatoms. The van der Waals surface area contributed by atoms with Crippen molar-refractivity contribution in [1.82, 2.24) is 0 Å². The lowest BCUT2D eigenvalue weighted by atomic mass is 9.91. The Kier molecular flexibility index (Phi) is 14.0. The molecule has 0 aliphatic carbocycles. The second kappa shape index (κ2) is 15.0. The number of carbonyl (C=O) groups is 1. The summed E-state index contributed by atoms with van der Waals surface area (Å²) in [6.45, 7) is 6.57. The number of carboxylic acids is 1. The molecule has 1 N–H and O–H groups in total. The molecule has 0 aromatic rings. The van der Waals surface area contributed by atoms with Crippen molar-refractivity contribution >= 4 is 5.97 Å². The zero-order chi connectivity index (χ0) is 18.1. The molecular weight excluding hydrogens is 296 g/mol. The average Bonchev–Trinajstić information content (AvgIpc) is 2.52. The van der Waals surface area contributed by atoms with E-state index in [1.165, 1.54) is 25.7 Å². The van der Waals surface area contributed by atoms with Gasteiger partial charge in [-0.2, -0.15) is 0 Å². The van der Waals surface area contributed by atoms with Gasteiger partial charge >= 0.3 is 5.97 Å². The van der Waals surface area contributed by atoms with Crippen LogP contribution in [0.5, 0.6) is 0 Å². The quantitative estimate of drug-likeness (QED) is 0.279. The number of hydrogen-bond donors (Lipinski definition) is 1. The Balaban J connectivity index is 3.84. The Morgan fingerprint density at radius 2 is 1.42 bits per heavy atom. The van der Waals surface area contributed by atoms with Crippen LogP contribution in [0.1, 0.15) is 78.6 Å². The Labute approximate surface area is 149 Å². The third-order valence-electron chi connectivity index (χ3n) is 3.71. The molecule has 0 unspecified atom stereocenters. The van der Waals surface area contributed by atoms with Gasteiger partial charge in [-0.3, -0.25) is 4.79 Å². The standard InChI is InChI=1S/C22H36O2/c1-4-5-6-7-8-9-10-11-12-13-16-19-22(2,3)20-17-14-15-18-21(23)24/h8-9,11-12,16-17,19-20H,4-7,10,13-15,18H2,1-3H3,(H,23,24)/b9-8-,12-11-,19-16-,20-17-. The minimum absolute atomic E-state index is 0.0241. The van der Waals surface area contributed by atoms with Gasteiger partial charge in [0.2, 0.25) is 0 Å². The highest BCUT2D eigenvalue weighted by Crippen LogP contribution is 2.20. The SMILES string of the molecule is CCCCC/C=C\C/C=C\C/C=C\C(C)(C)/C=C\CCCC(=O)O. The maximum atomic E-state index is 10.4. The summed E-state index contributed by atoms with van der Waals surface area (Å²) < 4.78 is 0. The Morgan fingerprint density at radius 1 is 0.833 bits per heavy atom. The van der Waals surface area contributed by atoms with E-state index in [4.69, 9.17) is 5.11 Å². The predicted molar refractivity (Wildman–Crippen MR) is 105 cm³/mol. The van der Waals surface area contributed by atoms with Gasteiger partial charge in [0.1, 0.15) is 0 Å². The highest BCUT2D eigenvalue weighted by Gasteiger charge is 2.07. The zero-order valence-corrected chi connectivity index (χ0v) is 15.8. The molecule has 0 saturated heterocycles. The van der Waals surface area contributed by atoms with E-state index in [2.05, 4.69) is 69.4 Å². The molecule has 24 heavy (non-hydrogen) atoms. The molecule has 0 aromatic heterocycles. The van der Waals surface area contributed by atoms with Crippen molar-refractivity contribution in [3.63, 3.8) is 0 Å². The second-order valence-electron chi connectivity index (χ2n) is 6.82. The third-order valence-corrected chi connectivity index (χ3v) is 3.71. The lowest BCUT2D eigenvalue weighted by Crippen LogP contribution is -2.01. The lowest BCUT2D eigenvalue weighted by Gasteiger charge is -2.14. The highest BCUT2D eigenvalue weighted by atomic mass is 16.4. The summed E-state index contributed by atoms with van der Waals surface area (Å²) in [4.78, 5) is 10.4. The van der Waals surface area contributed by atoms with Crippen LogP contribution < -0.4 is 0 Å². The van der Waals surface area contributed by atoms with Gasteiger partial charge in [0.05, 0.1) is 0 Å². The first-order valence-corrected chi connectivity index (χ1v) is 9.35. The first kappa shape index (κ1) is 22.4. The number of rotatable bonds is 14. The van der Waals surface area contributed by atoms with Gasteiger partial charge in [-0.1, -0.05) is 82.2 Å². The molecular formula is C22H36O2. The fourth-order valence-electron chi connectivity index (χ4n) is 2.26. The average molecular weight is 333 g/mol. The van der Waals surface area contributed by atoms with Gasteiger partial charge in [-0.15, -0.1) is 0 Å². The van der Waals surface area contributed by atoms with E-state index in [0.717, 1.165) is 19.3 Å². The van der Waals surface area contributed by atoms with Crippen molar-refractivity contribution in [1.29, 1.82) is 0 Å². The normalized spacial score (nSPS) is 13.1. The topological polar surface area (TPSA) is 37.3 Å². The number of hydrogen-bond acceptors (Lipinski definition) is 1. The molecule has 0 amide bonds. The zero-order valence-electron chi connectivity index (χ0n) is 15.8. The summed E-state index contributed by atoms with van der Waals surface area (Å²) in [5, 5.41) is 8.60. The van der Waals surface area contributed by atoms with Crippen molar-refractivity contribution in [2.24, 2.45) is 5.41 Å². The van der Waals surface area contributed by atoms with E-state index < -0.39 is 5.97 Å². The van der Waals surface area contributed by atoms with Gasteiger partial charge < -0.3 is 5.11 Å². The third kappa shape index (κ3) is 16.8. The molecule has 0 spiro atoms. The second-order valence-corrected chi connectivity index (χ2v) is 6.82. The molecule has 0 radical (unpaired) electrons. The van der Waals surface area contributed by atoms with E-state index in [0.29, 0.717) is 6.42 Å². The van der Waals surface area contributed by atoms with Crippen LogP contribution in [0, 0.1) is 5.41 Å². The summed E-state index contributed by atoms with van der Waals surface area (Å²) in [6, 6.07) is 0. The molecule has 0 bridgehead atoms. The molecule has 0 aromatic carbocycles. The molecule has 0 aliphatic heterocycles. The molecule has 0 atom stereocenters. The maximum Gasteiger partial charge on any atom is 0.303 e. The van der Waals surface area contributed by atoms with Crippen LogP contribution in [0.15, 0.2) is 48.6 Å². The van der Waals surface area contributed by atoms with Crippen molar-refractivity contribution < 1.29 is 9.90 Å². The fraction of sp³-hybridized carbons (Fsp3) is 0.591. The Morgan fingerprint density at radius 3 is 2.08 bits per heavy atom. The predicted octanol–water partition coefficient (Wildman–Crippen LogP) is 6.85. The van der Waals surface area contributed by atoms with Crippen LogP contribution in [-0.2, 0) is 4.79 Å². The summed E-state index contributed by atoms with van der Waals surface area (Å²) in [6.07, 6.45) is 26.5. The van der Waals surface area contributed by atoms with Gasteiger partial charge in [-0.25, -0.2) is 0 Å². The van der Waals surface area contributed by atoms with E-state index in [1.54, 1.807) is 0 Å². The van der Waals surface area contributed by atoms with Crippen molar-refractivity contribution in [3.8, 4) is 0 Å². The van der Waals surface area contributed by atoms with E-state index in [1.807, 2.05) is 0 Å². The van der Waals surface area contributed by atoms with Crippen LogP contribution in [0.2, 0.25) is 0 Å². The monoisotopic (exact) mass is 332 g/mol. The van der Waals surface area contributed by atoms with E-state index in [-0.39, 0.29) is 11.8 Å². The lowest BCUT2D eigenvalue weighted by molar-refractivity contribution is -0.137. The van der Waals surface area contributed by atoms with Gasteiger partial charge in [0.15, 0.2) is 0 Å². The molecule has 0 fully saturated rings. The summed E-state index contributed by atoms with van der Waals surface area (Å²) >= 11 is 0. The minimum atomic E-state index is -0.717. The van der Waals surface area contributed by atoms with Crippen molar-refractivity contribution in [2.75, 3.05) is 0 Å². The molecule has 2 nitrogen and oxygen atoms in total. The number of unbranched alkanes of at least 4 members (excludes halogenated alkanes) is 4. The van der Waals surface area contributed by atoms with Crippen LogP contribution in [0.4, 0.5) is 0 Å². The molecule has 136 valence electrons. The van der Waals surface area contributed by atoms with Crippen molar-refractivity contribution in [2.45, 2.75) is 78.6 Å². The van der Waals surface area contributed by atoms with Gasteiger partial charge in [-0.05, 0) is 38.5 Å². The first-order valence-electron chi connectivity index (χ1n) is 9.35. The van der Waals surface area contributed by atoms with Crippen molar-refractivity contribution in [3.05, 3.63) is 48.6 Å². The summed E-state index contributed by atoms with van der Waals surface area (Å²) in [7, 11) is 0. The van der Waals surface area contributed by atoms with Crippen LogP contribution in [-0.4, -0.2) is 11.1 Å². The first-order chi connectivity index (χ1) is 11.5. The van der Waals surface area contributed by atoms with Gasteiger partial charge in [0.25, 0.3) is 0 Å². The van der Waals surface area contributed by atoms with Crippen LogP contribution in [0.3, 0.4) is 0 Å². The number of allylic oxidation sites excluding steroid dienone is 8. The summed E-state index contributed by atoms with van der Waals surface area (Å²) in [5.41, 5.74) is 0.0241. The Bertz CT molecular complexity index is 425. The number of carboxylic acid groups (broad SMARTS) is 1. The van der Waals surface area contributed by atoms with Crippen LogP contribution in [0.25, 0.3) is 0 Å². The van der Waals surface area contributed by atoms with E-state index in [9.17, 15) is 4.79 Å². The number of aliphatic carboxylic acids is 1. The van der Waals surface area contributed by atoms with E-state index >= 15 is 0 Å². The van der Waals surface area contributed by atoms with Crippen LogP contribution >= 0.6 is 0 Å². The molecule has 0 rings (SSSR count). The van der Waals surface area contributed by atoms with Gasteiger partial charge in [0, 0.05) is 11.8 Å². The highest BCUT2D eigenvalue weighted by molar-refractivity contribution is 5.66. The largest absolute Gasteiger partial charge is 0.481 e. The summed E-state index contributed by atoms with van der Waals surface area (Å²) in [5.74, 6) is -0.717. The molecule has 0 heterocycles. The molecule has 0 aliphatic rings. The fourth-order valence-corrected chi connectivity index (χ4v) is 2.26. The maximum absolute atomic E-state index is 10.4. The minimum Gasteiger partial charge on any atom is -0.481 e.